The fraction of sp³-hybridized carbons (Fsp3) is 0.455. The molecule has 5 heteroatoms. The molecule has 0 heterocycles. The quantitative estimate of drug-likeness (QED) is 0.903. The van der Waals surface area contributed by atoms with Crippen LogP contribution in [0.4, 0.5) is 0 Å². The van der Waals surface area contributed by atoms with E-state index in [2.05, 4.69) is 4.72 Å². The molecule has 3 nitrogen and oxygen atoms in total. The largest absolute Gasteiger partial charge is 0.242 e. The Hall–Kier alpha value is -0.580. The first kappa shape index (κ1) is 11.9. The second-order valence-electron chi connectivity index (χ2n) is 4.18. The zero-order valence-electron chi connectivity index (χ0n) is 8.98. The normalized spacial score (nSPS) is 18.4. The Bertz CT molecular complexity index is 483. The van der Waals surface area contributed by atoms with Crippen molar-refractivity contribution in [1.29, 1.82) is 0 Å². The third kappa shape index (κ3) is 2.56. The molecule has 0 amide bonds. The van der Waals surface area contributed by atoms with Crippen molar-refractivity contribution in [1.82, 2.24) is 4.72 Å². The van der Waals surface area contributed by atoms with Crippen molar-refractivity contribution in [2.45, 2.75) is 30.7 Å². The Morgan fingerprint density at radius 3 is 2.56 bits per heavy atom. The van der Waals surface area contributed by atoms with Crippen LogP contribution in [0.25, 0.3) is 0 Å². The van der Waals surface area contributed by atoms with Crippen molar-refractivity contribution in [3.8, 4) is 0 Å². The molecule has 2 rings (SSSR count). The summed E-state index contributed by atoms with van der Waals surface area (Å²) < 4.78 is 26.7. The molecule has 0 bridgehead atoms. The van der Waals surface area contributed by atoms with Crippen molar-refractivity contribution in [2.75, 3.05) is 0 Å². The van der Waals surface area contributed by atoms with E-state index in [0.717, 1.165) is 12.8 Å². The molecule has 1 aromatic rings. The van der Waals surface area contributed by atoms with E-state index in [-0.39, 0.29) is 16.0 Å². The first-order valence-corrected chi connectivity index (χ1v) is 7.13. The second-order valence-corrected chi connectivity index (χ2v) is 6.27. The fourth-order valence-electron chi connectivity index (χ4n) is 1.66. The number of hydrogen-bond donors (Lipinski definition) is 1. The maximum Gasteiger partial charge on any atom is 0.242 e. The van der Waals surface area contributed by atoms with E-state index in [1.54, 1.807) is 18.2 Å². The van der Waals surface area contributed by atoms with Crippen LogP contribution in [0.15, 0.2) is 29.2 Å². The van der Waals surface area contributed by atoms with Crippen LogP contribution < -0.4 is 4.72 Å². The van der Waals surface area contributed by atoms with E-state index in [1.165, 1.54) is 6.07 Å². The Morgan fingerprint density at radius 1 is 1.38 bits per heavy atom. The summed E-state index contributed by atoms with van der Waals surface area (Å²) in [6.45, 7) is 1.89. The molecular weight excluding hydrogens is 246 g/mol. The maximum atomic E-state index is 12.0. The highest BCUT2D eigenvalue weighted by molar-refractivity contribution is 7.89. The molecule has 1 fully saturated rings. The monoisotopic (exact) mass is 259 g/mol. The number of nitrogens with one attached hydrogen (secondary N) is 1. The zero-order valence-corrected chi connectivity index (χ0v) is 10.6. The lowest BCUT2D eigenvalue weighted by atomic mass is 10.2. The maximum absolute atomic E-state index is 12.0. The van der Waals surface area contributed by atoms with E-state index < -0.39 is 10.0 Å². The average molecular weight is 260 g/mol. The summed E-state index contributed by atoms with van der Waals surface area (Å²) in [5, 5.41) is 0.262. The van der Waals surface area contributed by atoms with Crippen molar-refractivity contribution in [3.05, 3.63) is 29.3 Å². The Labute approximate surface area is 101 Å². The number of hydrogen-bond acceptors (Lipinski definition) is 2. The van der Waals surface area contributed by atoms with Gasteiger partial charge in [-0.25, -0.2) is 13.1 Å². The number of sulfonamides is 1. The summed E-state index contributed by atoms with van der Waals surface area (Å²) in [6, 6.07) is 6.47. The van der Waals surface area contributed by atoms with Crippen molar-refractivity contribution in [3.63, 3.8) is 0 Å². The van der Waals surface area contributed by atoms with Gasteiger partial charge in [0.2, 0.25) is 10.0 Å². The molecular formula is C11H14ClNO2S. The first-order chi connectivity index (χ1) is 7.50. The molecule has 0 radical (unpaired) electrons. The fourth-order valence-corrected chi connectivity index (χ4v) is 3.50. The predicted molar refractivity (Wildman–Crippen MR) is 64.0 cm³/mol. The number of rotatable bonds is 4. The molecule has 0 aromatic heterocycles. The third-order valence-corrected chi connectivity index (χ3v) is 4.86. The molecule has 0 unspecified atom stereocenters. The van der Waals surface area contributed by atoms with Gasteiger partial charge in [0.15, 0.2) is 0 Å². The smallest absolute Gasteiger partial charge is 0.208 e. The summed E-state index contributed by atoms with van der Waals surface area (Å²) in [5.74, 6) is 0.484. The summed E-state index contributed by atoms with van der Waals surface area (Å²) in [5.41, 5.74) is 0. The molecule has 1 atom stereocenters. The van der Waals surface area contributed by atoms with E-state index in [1.807, 2.05) is 6.92 Å². The van der Waals surface area contributed by atoms with Crippen LogP contribution >= 0.6 is 11.6 Å². The molecule has 0 aliphatic heterocycles. The molecule has 1 aliphatic carbocycles. The van der Waals surface area contributed by atoms with Crippen molar-refractivity contribution in [2.24, 2.45) is 5.92 Å². The van der Waals surface area contributed by atoms with Crippen LogP contribution in [0.5, 0.6) is 0 Å². The molecule has 16 heavy (non-hydrogen) atoms. The molecule has 1 N–H and O–H groups in total. The van der Waals surface area contributed by atoms with Crippen LogP contribution in [0.1, 0.15) is 19.8 Å². The van der Waals surface area contributed by atoms with Gasteiger partial charge in [0.25, 0.3) is 0 Å². The molecule has 0 spiro atoms. The van der Waals surface area contributed by atoms with Gasteiger partial charge in [-0.2, -0.15) is 0 Å². The Kier molecular flexibility index (Phi) is 3.24. The van der Waals surface area contributed by atoms with Gasteiger partial charge in [0.05, 0.1) is 5.02 Å². The summed E-state index contributed by atoms with van der Waals surface area (Å²) >= 11 is 5.87. The molecule has 1 aliphatic rings. The lowest BCUT2D eigenvalue weighted by Gasteiger charge is -2.13. The van der Waals surface area contributed by atoms with Crippen LogP contribution in [-0.4, -0.2) is 14.5 Å². The summed E-state index contributed by atoms with van der Waals surface area (Å²) in [6.07, 6.45) is 2.21. The molecule has 88 valence electrons. The van der Waals surface area contributed by atoms with Gasteiger partial charge in [0.1, 0.15) is 4.90 Å². The third-order valence-electron chi connectivity index (χ3n) is 2.80. The van der Waals surface area contributed by atoms with Gasteiger partial charge in [-0.3, -0.25) is 0 Å². The first-order valence-electron chi connectivity index (χ1n) is 5.27. The highest BCUT2D eigenvalue weighted by Crippen LogP contribution is 2.33. The van der Waals surface area contributed by atoms with E-state index in [9.17, 15) is 8.42 Å². The SMILES string of the molecule is C[C@H](NS(=O)(=O)c1ccccc1Cl)C1CC1. The Balaban J connectivity index is 2.21. The van der Waals surface area contributed by atoms with Crippen molar-refractivity contribution >= 4 is 21.6 Å². The highest BCUT2D eigenvalue weighted by Gasteiger charge is 2.31. The lowest BCUT2D eigenvalue weighted by Crippen LogP contribution is -2.34. The molecule has 0 saturated heterocycles. The minimum Gasteiger partial charge on any atom is -0.208 e. The van der Waals surface area contributed by atoms with Gasteiger partial charge >= 0.3 is 0 Å². The van der Waals surface area contributed by atoms with Gasteiger partial charge < -0.3 is 0 Å². The van der Waals surface area contributed by atoms with Crippen LogP contribution in [0.3, 0.4) is 0 Å². The van der Waals surface area contributed by atoms with E-state index >= 15 is 0 Å². The lowest BCUT2D eigenvalue weighted by molar-refractivity contribution is 0.538. The second kappa shape index (κ2) is 4.35. The van der Waals surface area contributed by atoms with E-state index in [0.29, 0.717) is 5.92 Å². The van der Waals surface area contributed by atoms with Gasteiger partial charge in [-0.05, 0) is 37.8 Å². The summed E-state index contributed by atoms with van der Waals surface area (Å²) in [4.78, 5) is 0.157. The number of benzene rings is 1. The zero-order chi connectivity index (χ0) is 11.8. The highest BCUT2D eigenvalue weighted by atomic mass is 35.5. The minimum atomic E-state index is -3.48. The Morgan fingerprint density at radius 2 is 2.00 bits per heavy atom. The molecule has 1 aromatic carbocycles. The van der Waals surface area contributed by atoms with Crippen LogP contribution in [-0.2, 0) is 10.0 Å². The van der Waals surface area contributed by atoms with Crippen LogP contribution in [0, 0.1) is 5.92 Å². The average Bonchev–Trinajstić information content (AvgIpc) is 3.00. The summed E-state index contributed by atoms with van der Waals surface area (Å²) in [7, 11) is -3.48. The van der Waals surface area contributed by atoms with E-state index in [4.69, 9.17) is 11.6 Å². The topological polar surface area (TPSA) is 46.2 Å². The minimum absolute atomic E-state index is 0.0127. The predicted octanol–water partition coefficient (Wildman–Crippen LogP) is 2.42. The van der Waals surface area contributed by atoms with Crippen molar-refractivity contribution < 1.29 is 8.42 Å². The number of halogens is 1. The van der Waals surface area contributed by atoms with Crippen LogP contribution in [0.2, 0.25) is 5.02 Å². The van der Waals surface area contributed by atoms with Gasteiger partial charge in [-0.15, -0.1) is 0 Å². The van der Waals surface area contributed by atoms with Gasteiger partial charge in [0, 0.05) is 6.04 Å². The van der Waals surface area contributed by atoms with Gasteiger partial charge in [-0.1, -0.05) is 23.7 Å². The molecule has 1 saturated carbocycles. The standard InChI is InChI=1S/C11H14ClNO2S/c1-8(9-6-7-9)13-16(14,15)11-5-3-2-4-10(11)12/h2-5,8-9,13H,6-7H2,1H3/t8-/m0/s1.